The molecule has 0 bridgehead atoms. The molecule has 2 N–H and O–H groups in total. The van der Waals surface area contributed by atoms with Gasteiger partial charge >= 0.3 is 6.09 Å². The van der Waals surface area contributed by atoms with Crippen LogP contribution in [0, 0.1) is 0 Å². The third-order valence-electron chi connectivity index (χ3n) is 2.59. The van der Waals surface area contributed by atoms with E-state index in [2.05, 4.69) is 41.1 Å². The maximum atomic E-state index is 11.3. The molecule has 1 rings (SSSR count). The van der Waals surface area contributed by atoms with E-state index in [0.717, 1.165) is 11.4 Å². The normalized spacial score (nSPS) is 11.9. The highest BCUT2D eigenvalue weighted by atomic mass is 16.5. The Bertz CT molecular complexity index is 433. The standard InChI is InChI=1S/C14H23N3O2/c1-13(2,3)16-11-8-7-10(9-15-11)14(4,5)17-12(18)19-6/h7-9H,1-6H3,(H,15,16)(H,17,18). The van der Waals surface area contributed by atoms with E-state index in [-0.39, 0.29) is 5.54 Å². The van der Waals surface area contributed by atoms with Crippen LogP contribution in [0.15, 0.2) is 18.3 Å². The molecule has 1 aromatic heterocycles. The maximum Gasteiger partial charge on any atom is 0.407 e. The molecule has 0 saturated heterocycles. The van der Waals surface area contributed by atoms with E-state index in [9.17, 15) is 4.79 Å². The van der Waals surface area contributed by atoms with Crippen molar-refractivity contribution in [3.8, 4) is 0 Å². The number of anilines is 1. The van der Waals surface area contributed by atoms with E-state index in [1.165, 1.54) is 7.11 Å². The highest BCUT2D eigenvalue weighted by Crippen LogP contribution is 2.21. The first-order valence-corrected chi connectivity index (χ1v) is 6.25. The Morgan fingerprint density at radius 2 is 1.84 bits per heavy atom. The molecule has 1 amide bonds. The van der Waals surface area contributed by atoms with Crippen LogP contribution in [0.25, 0.3) is 0 Å². The van der Waals surface area contributed by atoms with E-state index in [0.29, 0.717) is 0 Å². The number of rotatable bonds is 3. The van der Waals surface area contributed by atoms with Crippen molar-refractivity contribution in [2.45, 2.75) is 45.7 Å². The summed E-state index contributed by atoms with van der Waals surface area (Å²) in [5.41, 5.74) is 0.353. The van der Waals surface area contributed by atoms with Crippen molar-refractivity contribution in [2.75, 3.05) is 12.4 Å². The van der Waals surface area contributed by atoms with Crippen molar-refractivity contribution in [3.63, 3.8) is 0 Å². The van der Waals surface area contributed by atoms with Crippen LogP contribution in [-0.4, -0.2) is 23.7 Å². The second-order valence-corrected chi connectivity index (χ2v) is 6.05. The van der Waals surface area contributed by atoms with Gasteiger partial charge in [-0.2, -0.15) is 0 Å². The lowest BCUT2D eigenvalue weighted by Crippen LogP contribution is -2.41. The van der Waals surface area contributed by atoms with Crippen molar-refractivity contribution < 1.29 is 9.53 Å². The Labute approximate surface area is 114 Å². The van der Waals surface area contributed by atoms with Gasteiger partial charge in [0.2, 0.25) is 0 Å². The zero-order valence-corrected chi connectivity index (χ0v) is 12.5. The summed E-state index contributed by atoms with van der Waals surface area (Å²) in [6.07, 6.45) is 1.30. The molecular formula is C14H23N3O2. The first kappa shape index (κ1) is 15.3. The largest absolute Gasteiger partial charge is 0.453 e. The number of aromatic nitrogens is 1. The molecule has 19 heavy (non-hydrogen) atoms. The fourth-order valence-corrected chi connectivity index (χ4v) is 1.60. The van der Waals surface area contributed by atoms with Crippen molar-refractivity contribution in [1.29, 1.82) is 0 Å². The van der Waals surface area contributed by atoms with Gasteiger partial charge in [0.05, 0.1) is 12.6 Å². The SMILES string of the molecule is COC(=O)NC(C)(C)c1ccc(NC(C)(C)C)nc1. The predicted octanol–water partition coefficient (Wildman–Crippen LogP) is 2.88. The van der Waals surface area contributed by atoms with Gasteiger partial charge in [0.1, 0.15) is 5.82 Å². The van der Waals surface area contributed by atoms with E-state index in [1.54, 1.807) is 6.20 Å². The van der Waals surface area contributed by atoms with Crippen molar-refractivity contribution in [1.82, 2.24) is 10.3 Å². The van der Waals surface area contributed by atoms with Crippen molar-refractivity contribution in [2.24, 2.45) is 0 Å². The number of carbonyl (C=O) groups is 1. The average molecular weight is 265 g/mol. The summed E-state index contributed by atoms with van der Waals surface area (Å²) in [6.45, 7) is 10.0. The van der Waals surface area contributed by atoms with Gasteiger partial charge < -0.3 is 15.4 Å². The average Bonchev–Trinajstić information content (AvgIpc) is 2.26. The number of hydrogen-bond donors (Lipinski definition) is 2. The molecule has 0 aliphatic heterocycles. The summed E-state index contributed by atoms with van der Waals surface area (Å²) in [7, 11) is 1.35. The van der Waals surface area contributed by atoms with E-state index in [4.69, 9.17) is 0 Å². The molecule has 106 valence electrons. The molecule has 0 aliphatic carbocycles. The van der Waals surface area contributed by atoms with Gasteiger partial charge in [-0.15, -0.1) is 0 Å². The molecule has 5 heteroatoms. The molecule has 0 saturated carbocycles. The highest BCUT2D eigenvalue weighted by Gasteiger charge is 2.23. The fraction of sp³-hybridized carbons (Fsp3) is 0.571. The van der Waals surface area contributed by atoms with Crippen LogP contribution in [0.1, 0.15) is 40.2 Å². The zero-order chi connectivity index (χ0) is 14.7. The summed E-state index contributed by atoms with van der Waals surface area (Å²) in [5.74, 6) is 0.810. The predicted molar refractivity (Wildman–Crippen MR) is 76.2 cm³/mol. The molecule has 1 heterocycles. The minimum Gasteiger partial charge on any atom is -0.453 e. The maximum absolute atomic E-state index is 11.3. The number of carbonyl (C=O) groups excluding carboxylic acids is 1. The molecule has 0 radical (unpaired) electrons. The van der Waals surface area contributed by atoms with Crippen LogP contribution in [0.4, 0.5) is 10.6 Å². The summed E-state index contributed by atoms with van der Waals surface area (Å²) >= 11 is 0. The van der Waals surface area contributed by atoms with Gasteiger partial charge in [-0.05, 0) is 46.2 Å². The molecular weight excluding hydrogens is 242 g/mol. The molecule has 0 aliphatic rings. The minimum atomic E-state index is -0.527. The Balaban J connectivity index is 2.83. The lowest BCUT2D eigenvalue weighted by atomic mass is 9.96. The van der Waals surface area contributed by atoms with Crippen molar-refractivity contribution >= 4 is 11.9 Å². The number of amides is 1. The number of pyridine rings is 1. The molecule has 5 nitrogen and oxygen atoms in total. The Morgan fingerprint density at radius 1 is 1.21 bits per heavy atom. The van der Waals surface area contributed by atoms with Gasteiger partial charge in [-0.3, -0.25) is 0 Å². The third-order valence-corrected chi connectivity index (χ3v) is 2.59. The Kier molecular flexibility index (Phi) is 4.39. The summed E-state index contributed by atoms with van der Waals surface area (Å²) in [5, 5.41) is 6.06. The van der Waals surface area contributed by atoms with Crippen molar-refractivity contribution in [3.05, 3.63) is 23.9 Å². The molecule has 0 fully saturated rings. The number of alkyl carbamates (subject to hydrolysis) is 1. The molecule has 0 aromatic carbocycles. The second-order valence-electron chi connectivity index (χ2n) is 6.05. The molecule has 0 spiro atoms. The lowest BCUT2D eigenvalue weighted by Gasteiger charge is -2.26. The fourth-order valence-electron chi connectivity index (χ4n) is 1.60. The molecule has 1 aromatic rings. The van der Waals surface area contributed by atoms with E-state index >= 15 is 0 Å². The van der Waals surface area contributed by atoms with Gasteiger partial charge in [0.25, 0.3) is 0 Å². The quantitative estimate of drug-likeness (QED) is 0.882. The summed E-state index contributed by atoms with van der Waals surface area (Å²) < 4.78 is 4.61. The highest BCUT2D eigenvalue weighted by molar-refractivity contribution is 5.68. The van der Waals surface area contributed by atoms with Crippen LogP contribution in [0.2, 0.25) is 0 Å². The number of methoxy groups -OCH3 is 1. The van der Waals surface area contributed by atoms with Crippen LogP contribution in [0.5, 0.6) is 0 Å². The van der Waals surface area contributed by atoms with Crippen LogP contribution >= 0.6 is 0 Å². The Hall–Kier alpha value is -1.78. The lowest BCUT2D eigenvalue weighted by molar-refractivity contribution is 0.159. The van der Waals surface area contributed by atoms with E-state index in [1.807, 2.05) is 26.0 Å². The first-order valence-electron chi connectivity index (χ1n) is 6.25. The summed E-state index contributed by atoms with van der Waals surface area (Å²) in [6, 6.07) is 3.85. The topological polar surface area (TPSA) is 63.2 Å². The van der Waals surface area contributed by atoms with E-state index < -0.39 is 11.6 Å². The van der Waals surface area contributed by atoms with Crippen LogP contribution < -0.4 is 10.6 Å². The summed E-state index contributed by atoms with van der Waals surface area (Å²) in [4.78, 5) is 15.6. The first-order chi connectivity index (χ1) is 8.64. The Morgan fingerprint density at radius 3 is 2.26 bits per heavy atom. The monoisotopic (exact) mass is 265 g/mol. The van der Waals surface area contributed by atoms with Gasteiger partial charge in [-0.25, -0.2) is 9.78 Å². The van der Waals surface area contributed by atoms with Gasteiger partial charge in [-0.1, -0.05) is 6.07 Å². The van der Waals surface area contributed by atoms with Gasteiger partial charge in [0.15, 0.2) is 0 Å². The number of nitrogens with one attached hydrogen (secondary N) is 2. The number of hydrogen-bond acceptors (Lipinski definition) is 4. The third kappa shape index (κ3) is 4.77. The van der Waals surface area contributed by atoms with Crippen LogP contribution in [0.3, 0.4) is 0 Å². The zero-order valence-electron chi connectivity index (χ0n) is 12.5. The number of nitrogens with zero attached hydrogens (tertiary/aromatic N) is 1. The molecule has 0 unspecified atom stereocenters. The van der Waals surface area contributed by atoms with Gasteiger partial charge in [0, 0.05) is 11.7 Å². The molecule has 0 atom stereocenters. The van der Waals surface area contributed by atoms with Crippen LogP contribution in [-0.2, 0) is 10.3 Å². The smallest absolute Gasteiger partial charge is 0.407 e. The number of ether oxygens (including phenoxy) is 1. The second kappa shape index (κ2) is 5.47. The minimum absolute atomic E-state index is 0.0334.